The average Bonchev–Trinajstić information content (AvgIpc) is 2.67. The number of rotatable bonds is 8. The first-order valence-corrected chi connectivity index (χ1v) is 11.5. The van der Waals surface area contributed by atoms with Gasteiger partial charge in [0, 0.05) is 30.3 Å². The third-order valence-corrected chi connectivity index (χ3v) is 6.16. The number of hydrogen-bond donors (Lipinski definition) is 2. The zero-order valence-corrected chi connectivity index (χ0v) is 18.8. The Morgan fingerprint density at radius 2 is 1.93 bits per heavy atom. The number of amides is 2. The number of nitrogens with zero attached hydrogens (tertiary/aromatic N) is 3. The number of benzene rings is 1. The van der Waals surface area contributed by atoms with Crippen molar-refractivity contribution in [3.05, 3.63) is 40.6 Å². The number of thioether (sulfide) groups is 1. The molecule has 1 aromatic heterocycles. The smallest absolute Gasteiger partial charge is 0.254 e. The Morgan fingerprint density at radius 1 is 1.23 bits per heavy atom. The van der Waals surface area contributed by atoms with Gasteiger partial charge < -0.3 is 16.0 Å². The van der Waals surface area contributed by atoms with E-state index in [0.717, 1.165) is 36.2 Å². The van der Waals surface area contributed by atoms with E-state index in [4.69, 9.17) is 5.73 Å². The monoisotopic (exact) mass is 427 g/mol. The summed E-state index contributed by atoms with van der Waals surface area (Å²) >= 11 is 1.43. The summed E-state index contributed by atoms with van der Waals surface area (Å²) in [7, 11) is 0. The first-order valence-electron chi connectivity index (χ1n) is 10.3. The van der Waals surface area contributed by atoms with Crippen molar-refractivity contribution < 1.29 is 9.59 Å². The standard InChI is InChI=1S/C22H29N5O2S/c1-5-27(6-2)21(29)16-11-10-15(12-13(16)3)24-20-17(19(23)28)18(14-8-7-9-14)25-22(26-20)30-4/h10-12,14H,5-9H2,1-4H3,(H2,23,28)(H,24,25,26). The minimum Gasteiger partial charge on any atom is -0.365 e. The molecule has 0 radical (unpaired) electrons. The summed E-state index contributed by atoms with van der Waals surface area (Å²) in [5.74, 6) is 0.154. The van der Waals surface area contributed by atoms with Crippen molar-refractivity contribution in [1.82, 2.24) is 14.9 Å². The molecule has 2 aromatic rings. The van der Waals surface area contributed by atoms with E-state index < -0.39 is 5.91 Å². The first-order chi connectivity index (χ1) is 14.4. The topological polar surface area (TPSA) is 101 Å². The maximum absolute atomic E-state index is 12.7. The second kappa shape index (κ2) is 9.47. The molecular weight excluding hydrogens is 398 g/mol. The molecule has 2 amide bonds. The van der Waals surface area contributed by atoms with E-state index >= 15 is 0 Å². The number of aromatic nitrogens is 2. The number of hydrogen-bond acceptors (Lipinski definition) is 6. The van der Waals surface area contributed by atoms with Crippen LogP contribution in [0.3, 0.4) is 0 Å². The molecule has 1 aromatic carbocycles. The molecule has 0 atom stereocenters. The number of anilines is 2. The fourth-order valence-electron chi connectivity index (χ4n) is 3.66. The zero-order valence-electron chi connectivity index (χ0n) is 18.0. The third kappa shape index (κ3) is 4.43. The van der Waals surface area contributed by atoms with Gasteiger partial charge in [0.05, 0.1) is 5.69 Å². The van der Waals surface area contributed by atoms with Crippen molar-refractivity contribution in [3.8, 4) is 0 Å². The average molecular weight is 428 g/mol. The van der Waals surface area contributed by atoms with Gasteiger partial charge in [0.25, 0.3) is 11.8 Å². The lowest BCUT2D eigenvalue weighted by molar-refractivity contribution is 0.0772. The van der Waals surface area contributed by atoms with Gasteiger partial charge in [0.1, 0.15) is 11.4 Å². The predicted octanol–water partition coefficient (Wildman–Crippen LogP) is 4.10. The van der Waals surface area contributed by atoms with Gasteiger partial charge in [-0.2, -0.15) is 0 Å². The molecule has 3 N–H and O–H groups in total. The Kier molecular flexibility index (Phi) is 6.97. The molecule has 0 saturated heterocycles. The lowest BCUT2D eigenvalue weighted by Gasteiger charge is -2.27. The van der Waals surface area contributed by atoms with Crippen molar-refractivity contribution in [2.75, 3.05) is 24.7 Å². The van der Waals surface area contributed by atoms with E-state index in [1.54, 1.807) is 4.90 Å². The Balaban J connectivity index is 1.97. The summed E-state index contributed by atoms with van der Waals surface area (Å²) in [4.78, 5) is 35.9. The molecule has 1 heterocycles. The van der Waals surface area contributed by atoms with Crippen LogP contribution in [0.4, 0.5) is 11.5 Å². The van der Waals surface area contributed by atoms with Gasteiger partial charge in [-0.25, -0.2) is 9.97 Å². The minimum atomic E-state index is -0.530. The van der Waals surface area contributed by atoms with Gasteiger partial charge in [0.2, 0.25) is 0 Å². The highest BCUT2D eigenvalue weighted by Crippen LogP contribution is 2.39. The predicted molar refractivity (Wildman–Crippen MR) is 121 cm³/mol. The highest BCUT2D eigenvalue weighted by atomic mass is 32.2. The van der Waals surface area contributed by atoms with E-state index in [2.05, 4.69) is 15.3 Å². The number of nitrogens with one attached hydrogen (secondary N) is 1. The van der Waals surface area contributed by atoms with Gasteiger partial charge in [-0.05, 0) is 63.6 Å². The highest BCUT2D eigenvalue weighted by Gasteiger charge is 2.29. The zero-order chi connectivity index (χ0) is 21.8. The SMILES string of the molecule is CCN(CC)C(=O)c1ccc(Nc2nc(SC)nc(C3CCC3)c2C(N)=O)cc1C. The van der Waals surface area contributed by atoms with E-state index in [-0.39, 0.29) is 11.8 Å². The Hall–Kier alpha value is -2.61. The summed E-state index contributed by atoms with van der Waals surface area (Å²) in [6, 6.07) is 5.54. The molecule has 3 rings (SSSR count). The fraction of sp³-hybridized carbons (Fsp3) is 0.455. The molecule has 1 aliphatic carbocycles. The molecular formula is C22H29N5O2S. The van der Waals surface area contributed by atoms with Crippen molar-refractivity contribution in [3.63, 3.8) is 0 Å². The van der Waals surface area contributed by atoms with Crippen LogP contribution in [0.25, 0.3) is 0 Å². The molecule has 7 nitrogen and oxygen atoms in total. The Morgan fingerprint density at radius 3 is 2.43 bits per heavy atom. The van der Waals surface area contributed by atoms with Gasteiger partial charge in [-0.3, -0.25) is 9.59 Å². The quantitative estimate of drug-likeness (QED) is 0.486. The largest absolute Gasteiger partial charge is 0.365 e. The summed E-state index contributed by atoms with van der Waals surface area (Å²) in [5.41, 5.74) is 9.09. The second-order valence-corrected chi connectivity index (χ2v) is 8.22. The summed E-state index contributed by atoms with van der Waals surface area (Å²) in [6.07, 6.45) is 5.05. The number of aryl methyl sites for hydroxylation is 1. The molecule has 1 saturated carbocycles. The van der Waals surface area contributed by atoms with Crippen molar-refractivity contribution in [2.24, 2.45) is 5.73 Å². The lowest BCUT2D eigenvalue weighted by atomic mass is 9.81. The molecule has 0 spiro atoms. The summed E-state index contributed by atoms with van der Waals surface area (Å²) in [6.45, 7) is 7.18. The Bertz CT molecular complexity index is 955. The second-order valence-electron chi connectivity index (χ2n) is 7.44. The maximum Gasteiger partial charge on any atom is 0.254 e. The summed E-state index contributed by atoms with van der Waals surface area (Å²) < 4.78 is 0. The molecule has 8 heteroatoms. The van der Waals surface area contributed by atoms with E-state index in [1.165, 1.54) is 11.8 Å². The van der Waals surface area contributed by atoms with Crippen molar-refractivity contribution in [1.29, 1.82) is 0 Å². The van der Waals surface area contributed by atoms with E-state index in [0.29, 0.717) is 35.2 Å². The van der Waals surface area contributed by atoms with Gasteiger partial charge >= 0.3 is 0 Å². The van der Waals surface area contributed by atoms with Crippen LogP contribution < -0.4 is 11.1 Å². The van der Waals surface area contributed by atoms with Crippen molar-refractivity contribution in [2.45, 2.75) is 51.1 Å². The van der Waals surface area contributed by atoms with Crippen LogP contribution in [0.15, 0.2) is 23.4 Å². The normalized spacial score (nSPS) is 13.6. The molecule has 30 heavy (non-hydrogen) atoms. The van der Waals surface area contributed by atoms with Crippen molar-refractivity contribution >= 4 is 35.1 Å². The Labute approximate surface area is 181 Å². The first kappa shape index (κ1) is 22.1. The fourth-order valence-corrected chi connectivity index (χ4v) is 4.03. The molecule has 160 valence electrons. The van der Waals surface area contributed by atoms with E-state index in [9.17, 15) is 9.59 Å². The molecule has 0 unspecified atom stereocenters. The van der Waals surface area contributed by atoms with Crippen LogP contribution in [0.2, 0.25) is 0 Å². The minimum absolute atomic E-state index is 0.0147. The van der Waals surface area contributed by atoms with Crippen LogP contribution in [0, 0.1) is 6.92 Å². The van der Waals surface area contributed by atoms with Crippen LogP contribution in [0.5, 0.6) is 0 Å². The van der Waals surface area contributed by atoms with Crippen LogP contribution >= 0.6 is 11.8 Å². The lowest BCUT2D eigenvalue weighted by Crippen LogP contribution is -2.30. The van der Waals surface area contributed by atoms with Crippen LogP contribution in [-0.4, -0.2) is 46.0 Å². The molecule has 0 bridgehead atoms. The van der Waals surface area contributed by atoms with Gasteiger partial charge in [-0.1, -0.05) is 18.2 Å². The number of nitrogens with two attached hydrogens (primary N) is 1. The number of carbonyl (C=O) groups is 2. The van der Waals surface area contributed by atoms with Crippen LogP contribution in [0.1, 0.15) is 71.0 Å². The molecule has 1 aliphatic rings. The van der Waals surface area contributed by atoms with Crippen LogP contribution in [-0.2, 0) is 0 Å². The maximum atomic E-state index is 12.7. The molecule has 0 aliphatic heterocycles. The number of carbonyl (C=O) groups excluding carboxylic acids is 2. The highest BCUT2D eigenvalue weighted by molar-refractivity contribution is 7.98. The number of primary amides is 1. The molecule has 1 fully saturated rings. The third-order valence-electron chi connectivity index (χ3n) is 5.61. The van der Waals surface area contributed by atoms with Gasteiger partial charge in [0.15, 0.2) is 5.16 Å². The van der Waals surface area contributed by atoms with E-state index in [1.807, 2.05) is 45.2 Å². The van der Waals surface area contributed by atoms with Gasteiger partial charge in [-0.15, -0.1) is 0 Å². The summed E-state index contributed by atoms with van der Waals surface area (Å²) in [5, 5.41) is 3.85.